The summed E-state index contributed by atoms with van der Waals surface area (Å²) in [5, 5.41) is 16.5. The van der Waals surface area contributed by atoms with Gasteiger partial charge in [-0.2, -0.15) is 0 Å². The van der Waals surface area contributed by atoms with Gasteiger partial charge in [-0.3, -0.25) is 9.59 Å². The van der Waals surface area contributed by atoms with E-state index < -0.39 is 17.9 Å². The van der Waals surface area contributed by atoms with E-state index in [1.165, 1.54) is 11.3 Å². The van der Waals surface area contributed by atoms with Gasteiger partial charge in [0.1, 0.15) is 11.8 Å². The monoisotopic (exact) mass is 393 g/mol. The van der Waals surface area contributed by atoms with Gasteiger partial charge in [-0.25, -0.2) is 9.78 Å². The van der Waals surface area contributed by atoms with E-state index in [2.05, 4.69) is 15.6 Å². The maximum atomic E-state index is 12.0. The van der Waals surface area contributed by atoms with Crippen LogP contribution in [0.4, 0.5) is 0 Å². The zero-order valence-electron chi connectivity index (χ0n) is 15.4. The Morgan fingerprint density at radius 1 is 1.26 bits per heavy atom. The fourth-order valence-electron chi connectivity index (χ4n) is 2.39. The van der Waals surface area contributed by atoms with Crippen LogP contribution in [-0.2, 0) is 20.8 Å². The molecule has 2 heterocycles. The molecule has 27 heavy (non-hydrogen) atoms. The van der Waals surface area contributed by atoms with Crippen LogP contribution in [-0.4, -0.2) is 40.5 Å². The van der Waals surface area contributed by atoms with Crippen molar-refractivity contribution < 1.29 is 23.9 Å². The number of aliphatic carboxylic acids is 1. The number of carboxylic acid groups (broad SMARTS) is 1. The number of rotatable bonds is 9. The lowest BCUT2D eigenvalue weighted by Gasteiger charge is -2.16. The van der Waals surface area contributed by atoms with Gasteiger partial charge < -0.3 is 20.2 Å². The molecular weight excluding hydrogens is 370 g/mol. The molecule has 0 radical (unpaired) electrons. The summed E-state index contributed by atoms with van der Waals surface area (Å²) in [7, 11) is 0. The number of hydrogen-bond donors (Lipinski definition) is 3. The molecule has 0 unspecified atom stereocenters. The predicted octanol–water partition coefficient (Wildman–Crippen LogP) is 1.99. The van der Waals surface area contributed by atoms with Gasteiger partial charge in [0.25, 0.3) is 0 Å². The Balaban J connectivity index is 1.81. The molecule has 146 valence electrons. The Labute approximate surface area is 161 Å². The Hall–Kier alpha value is -2.68. The number of nitrogens with one attached hydrogen (secondary N) is 2. The van der Waals surface area contributed by atoms with E-state index in [1.807, 2.05) is 32.9 Å². The van der Waals surface area contributed by atoms with Crippen molar-refractivity contribution in [3.8, 4) is 10.8 Å². The van der Waals surface area contributed by atoms with Crippen molar-refractivity contribution in [2.45, 2.75) is 39.7 Å². The SMILES string of the molecule is Cc1ccc(-c2nc(CC(=O)NCC(=O)N[C@@H](CC(C)C)C(=O)O)cs2)o1. The molecule has 2 rings (SSSR count). The molecule has 0 bridgehead atoms. The first-order valence-corrected chi connectivity index (χ1v) is 9.42. The number of aryl methyl sites for hydroxylation is 1. The summed E-state index contributed by atoms with van der Waals surface area (Å²) < 4.78 is 5.50. The highest BCUT2D eigenvalue weighted by atomic mass is 32.1. The third kappa shape index (κ3) is 6.52. The van der Waals surface area contributed by atoms with Crippen molar-refractivity contribution in [2.75, 3.05) is 6.54 Å². The highest BCUT2D eigenvalue weighted by molar-refractivity contribution is 7.13. The number of thiazole rings is 1. The number of carbonyl (C=O) groups is 3. The first-order chi connectivity index (χ1) is 12.7. The van der Waals surface area contributed by atoms with Crippen molar-refractivity contribution in [3.63, 3.8) is 0 Å². The second-order valence-electron chi connectivity index (χ2n) is 6.60. The minimum atomic E-state index is -1.09. The molecule has 2 aromatic heterocycles. The first kappa shape index (κ1) is 20.6. The van der Waals surface area contributed by atoms with Gasteiger partial charge in [-0.05, 0) is 31.4 Å². The summed E-state index contributed by atoms with van der Waals surface area (Å²) in [4.78, 5) is 39.4. The number of furan rings is 1. The number of aromatic nitrogens is 1. The third-order valence-corrected chi connectivity index (χ3v) is 4.54. The smallest absolute Gasteiger partial charge is 0.326 e. The molecule has 0 aliphatic carbocycles. The largest absolute Gasteiger partial charge is 0.480 e. The second-order valence-corrected chi connectivity index (χ2v) is 7.45. The lowest BCUT2D eigenvalue weighted by molar-refractivity contribution is -0.142. The van der Waals surface area contributed by atoms with Crippen molar-refractivity contribution in [2.24, 2.45) is 5.92 Å². The summed E-state index contributed by atoms with van der Waals surface area (Å²) in [6.45, 7) is 5.30. The van der Waals surface area contributed by atoms with Crippen LogP contribution in [0.1, 0.15) is 31.7 Å². The first-order valence-electron chi connectivity index (χ1n) is 8.54. The van der Waals surface area contributed by atoms with Gasteiger partial charge in [-0.15, -0.1) is 11.3 Å². The normalized spacial score (nSPS) is 12.0. The van der Waals surface area contributed by atoms with Gasteiger partial charge in [0, 0.05) is 5.38 Å². The van der Waals surface area contributed by atoms with E-state index >= 15 is 0 Å². The maximum absolute atomic E-state index is 12.0. The van der Waals surface area contributed by atoms with Crippen LogP contribution in [0, 0.1) is 12.8 Å². The zero-order valence-corrected chi connectivity index (χ0v) is 16.3. The van der Waals surface area contributed by atoms with Gasteiger partial charge in [-0.1, -0.05) is 13.8 Å². The van der Waals surface area contributed by atoms with E-state index in [4.69, 9.17) is 9.52 Å². The molecule has 2 aromatic rings. The Morgan fingerprint density at radius 2 is 2.00 bits per heavy atom. The molecule has 1 atom stereocenters. The van der Waals surface area contributed by atoms with E-state index in [1.54, 1.807) is 5.38 Å². The van der Waals surface area contributed by atoms with Gasteiger partial charge in [0.15, 0.2) is 10.8 Å². The van der Waals surface area contributed by atoms with Crippen LogP contribution in [0.25, 0.3) is 10.8 Å². The average molecular weight is 393 g/mol. The average Bonchev–Trinajstić information content (AvgIpc) is 3.20. The third-order valence-electron chi connectivity index (χ3n) is 3.63. The van der Waals surface area contributed by atoms with E-state index in [0.29, 0.717) is 22.9 Å². The van der Waals surface area contributed by atoms with E-state index in [-0.39, 0.29) is 24.8 Å². The maximum Gasteiger partial charge on any atom is 0.326 e. The standard InChI is InChI=1S/C18H23N3O5S/c1-10(2)6-13(18(24)25)21-16(23)8-19-15(22)7-12-9-27-17(20-12)14-5-4-11(3)26-14/h4-5,9-10,13H,6-8H2,1-3H3,(H,19,22)(H,21,23)(H,24,25)/t13-/m0/s1. The molecule has 2 amide bonds. The fourth-order valence-corrected chi connectivity index (χ4v) is 3.17. The quantitative estimate of drug-likeness (QED) is 0.599. The number of amides is 2. The number of carbonyl (C=O) groups excluding carboxylic acids is 2. The fraction of sp³-hybridized carbons (Fsp3) is 0.444. The molecular formula is C18H23N3O5S. The Morgan fingerprint density at radius 3 is 2.59 bits per heavy atom. The summed E-state index contributed by atoms with van der Waals surface area (Å²) in [5.41, 5.74) is 0.574. The lowest BCUT2D eigenvalue weighted by atomic mass is 10.0. The Kier molecular flexibility index (Phi) is 7.12. The van der Waals surface area contributed by atoms with Crippen molar-refractivity contribution in [1.29, 1.82) is 0 Å². The molecule has 0 saturated heterocycles. The number of carboxylic acids is 1. The number of nitrogens with zero attached hydrogens (tertiary/aromatic N) is 1. The summed E-state index contributed by atoms with van der Waals surface area (Å²) in [5.74, 6) is -0.449. The molecule has 0 saturated carbocycles. The number of hydrogen-bond acceptors (Lipinski definition) is 6. The van der Waals surface area contributed by atoms with Crippen molar-refractivity contribution >= 4 is 29.1 Å². The summed E-state index contributed by atoms with van der Waals surface area (Å²) in [6.07, 6.45) is 0.348. The molecule has 8 nitrogen and oxygen atoms in total. The topological polar surface area (TPSA) is 122 Å². The molecule has 9 heteroatoms. The molecule has 0 aliphatic rings. The van der Waals surface area contributed by atoms with Crippen LogP contribution in [0.3, 0.4) is 0 Å². The Bertz CT molecular complexity index is 812. The minimum Gasteiger partial charge on any atom is -0.480 e. The summed E-state index contributed by atoms with van der Waals surface area (Å²) in [6, 6.07) is 2.69. The van der Waals surface area contributed by atoms with E-state index in [0.717, 1.165) is 5.76 Å². The highest BCUT2D eigenvalue weighted by Crippen LogP contribution is 2.25. The predicted molar refractivity (Wildman–Crippen MR) is 100 cm³/mol. The van der Waals surface area contributed by atoms with Gasteiger partial charge in [0.2, 0.25) is 11.8 Å². The van der Waals surface area contributed by atoms with Crippen molar-refractivity contribution in [1.82, 2.24) is 15.6 Å². The lowest BCUT2D eigenvalue weighted by Crippen LogP contribution is -2.46. The highest BCUT2D eigenvalue weighted by Gasteiger charge is 2.21. The van der Waals surface area contributed by atoms with E-state index in [9.17, 15) is 14.4 Å². The van der Waals surface area contributed by atoms with Crippen molar-refractivity contribution in [3.05, 3.63) is 29.0 Å². The molecule has 0 aliphatic heterocycles. The van der Waals surface area contributed by atoms with Crippen LogP contribution >= 0.6 is 11.3 Å². The molecule has 0 fully saturated rings. The van der Waals surface area contributed by atoms with Gasteiger partial charge >= 0.3 is 5.97 Å². The molecule has 0 spiro atoms. The summed E-state index contributed by atoms with van der Waals surface area (Å²) >= 11 is 1.37. The van der Waals surface area contributed by atoms with Crippen LogP contribution in [0.2, 0.25) is 0 Å². The second kappa shape index (κ2) is 9.31. The zero-order chi connectivity index (χ0) is 20.0. The van der Waals surface area contributed by atoms with Crippen LogP contribution in [0.5, 0.6) is 0 Å². The molecule has 0 aromatic carbocycles. The van der Waals surface area contributed by atoms with Crippen LogP contribution < -0.4 is 10.6 Å². The minimum absolute atomic E-state index is 0.0256. The van der Waals surface area contributed by atoms with Gasteiger partial charge in [0.05, 0.1) is 18.7 Å². The van der Waals surface area contributed by atoms with Crippen LogP contribution in [0.15, 0.2) is 21.9 Å². The molecule has 3 N–H and O–H groups in total.